The summed E-state index contributed by atoms with van der Waals surface area (Å²) in [6.07, 6.45) is 1.36. The first kappa shape index (κ1) is 16.5. The van der Waals surface area contributed by atoms with E-state index in [-0.39, 0.29) is 18.6 Å². The molecule has 2 aromatic rings. The van der Waals surface area contributed by atoms with Gasteiger partial charge in [0.05, 0.1) is 11.2 Å². The molecule has 0 saturated carbocycles. The first-order valence-corrected chi connectivity index (χ1v) is 8.19. The third-order valence-electron chi connectivity index (χ3n) is 3.29. The van der Waals surface area contributed by atoms with Gasteiger partial charge >= 0.3 is 0 Å². The molecular formula is C16H20N2O3S. The van der Waals surface area contributed by atoms with Crippen LogP contribution in [0, 0.1) is 0 Å². The van der Waals surface area contributed by atoms with Crippen LogP contribution in [0.25, 0.3) is 0 Å². The molecule has 118 valence electrons. The highest BCUT2D eigenvalue weighted by Crippen LogP contribution is 2.14. The molecule has 1 atom stereocenters. The second kappa shape index (κ2) is 8.51. The smallest absolute Gasteiger partial charge is 0.251 e. The Balaban J connectivity index is 1.88. The number of hydrogen-bond donors (Lipinski definition) is 2. The quantitative estimate of drug-likeness (QED) is 0.784. The molecule has 0 bridgehead atoms. The van der Waals surface area contributed by atoms with Gasteiger partial charge in [-0.15, -0.1) is 11.3 Å². The number of thiazole rings is 1. The molecular weight excluding hydrogens is 300 g/mol. The predicted molar refractivity (Wildman–Crippen MR) is 86.1 cm³/mol. The normalized spacial score (nSPS) is 11.9. The summed E-state index contributed by atoms with van der Waals surface area (Å²) in [5.74, 6) is 0.568. The van der Waals surface area contributed by atoms with Crippen molar-refractivity contribution in [3.8, 4) is 5.75 Å². The number of aliphatic hydroxyl groups excluding tert-OH is 1. The fourth-order valence-electron chi connectivity index (χ4n) is 1.97. The summed E-state index contributed by atoms with van der Waals surface area (Å²) >= 11 is 1.53. The molecule has 0 spiro atoms. The van der Waals surface area contributed by atoms with E-state index in [2.05, 4.69) is 10.3 Å². The number of benzene rings is 1. The summed E-state index contributed by atoms with van der Waals surface area (Å²) in [6.45, 7) is 2.47. The van der Waals surface area contributed by atoms with Crippen LogP contribution in [0.5, 0.6) is 5.75 Å². The summed E-state index contributed by atoms with van der Waals surface area (Å²) < 4.78 is 5.61. The Labute approximate surface area is 134 Å². The molecule has 5 nitrogen and oxygen atoms in total. The molecule has 6 heteroatoms. The Bertz CT molecular complexity index is 570. The highest BCUT2D eigenvalue weighted by molar-refractivity contribution is 7.07. The Morgan fingerprint density at radius 3 is 2.77 bits per heavy atom. The minimum absolute atomic E-state index is 0.00177. The Kier molecular flexibility index (Phi) is 6.36. The monoisotopic (exact) mass is 320 g/mol. The predicted octanol–water partition coefficient (Wildman–Crippen LogP) is 2.61. The van der Waals surface area contributed by atoms with Gasteiger partial charge in [0.15, 0.2) is 0 Å². The molecule has 1 unspecified atom stereocenters. The zero-order chi connectivity index (χ0) is 15.8. The molecule has 0 fully saturated rings. The van der Waals surface area contributed by atoms with Gasteiger partial charge in [0.25, 0.3) is 5.91 Å². The first-order chi connectivity index (χ1) is 10.7. The summed E-state index contributed by atoms with van der Waals surface area (Å²) in [4.78, 5) is 16.2. The maximum absolute atomic E-state index is 12.1. The van der Waals surface area contributed by atoms with Crippen molar-refractivity contribution in [2.45, 2.75) is 32.4 Å². The lowest BCUT2D eigenvalue weighted by molar-refractivity contribution is 0.0929. The van der Waals surface area contributed by atoms with Gasteiger partial charge in [-0.3, -0.25) is 4.79 Å². The fraction of sp³-hybridized carbons (Fsp3) is 0.375. The largest absolute Gasteiger partial charge is 0.487 e. The first-order valence-electron chi connectivity index (χ1n) is 7.24. The lowest BCUT2D eigenvalue weighted by Gasteiger charge is -2.15. The Hall–Kier alpha value is -1.92. The third kappa shape index (κ3) is 4.82. The lowest BCUT2D eigenvalue weighted by atomic mass is 10.1. The number of rotatable bonds is 8. The standard InChI is InChI=1S/C16H20N2O3S/c1-2-13(7-8-19)18-16(20)12-3-5-15(6-4-12)21-9-14-10-22-11-17-14/h3-6,10-11,13,19H,2,7-9H2,1H3,(H,18,20). The van der Waals surface area contributed by atoms with E-state index in [9.17, 15) is 4.79 Å². The van der Waals surface area contributed by atoms with Crippen LogP contribution in [0.3, 0.4) is 0 Å². The summed E-state index contributed by atoms with van der Waals surface area (Å²) in [6, 6.07) is 7.01. The van der Waals surface area contributed by atoms with Crippen LogP contribution in [0.15, 0.2) is 35.2 Å². The van der Waals surface area contributed by atoms with E-state index < -0.39 is 0 Å². The average Bonchev–Trinajstić information content (AvgIpc) is 3.06. The molecule has 2 N–H and O–H groups in total. The van der Waals surface area contributed by atoms with E-state index in [0.717, 1.165) is 12.1 Å². The number of aliphatic hydroxyl groups is 1. The molecule has 22 heavy (non-hydrogen) atoms. The van der Waals surface area contributed by atoms with Gasteiger partial charge in [-0.25, -0.2) is 4.98 Å². The van der Waals surface area contributed by atoms with Crippen molar-refractivity contribution < 1.29 is 14.6 Å². The SMILES string of the molecule is CCC(CCO)NC(=O)c1ccc(OCc2cscn2)cc1. The summed E-state index contributed by atoms with van der Waals surface area (Å²) in [5, 5.41) is 13.8. The number of ether oxygens (including phenoxy) is 1. The van der Waals surface area contributed by atoms with E-state index in [4.69, 9.17) is 9.84 Å². The maximum atomic E-state index is 12.1. The van der Waals surface area contributed by atoms with Crippen LogP contribution in [0.1, 0.15) is 35.8 Å². The van der Waals surface area contributed by atoms with Crippen molar-refractivity contribution in [2.24, 2.45) is 0 Å². The minimum Gasteiger partial charge on any atom is -0.487 e. The zero-order valence-electron chi connectivity index (χ0n) is 12.5. The van der Waals surface area contributed by atoms with Gasteiger partial charge in [0.2, 0.25) is 0 Å². The Morgan fingerprint density at radius 2 is 2.18 bits per heavy atom. The van der Waals surface area contributed by atoms with Gasteiger partial charge in [0.1, 0.15) is 12.4 Å². The number of carbonyl (C=O) groups excluding carboxylic acids is 1. The van der Waals surface area contributed by atoms with E-state index >= 15 is 0 Å². The fourth-order valence-corrected chi connectivity index (χ4v) is 2.51. The number of nitrogens with zero attached hydrogens (tertiary/aromatic N) is 1. The Morgan fingerprint density at radius 1 is 1.41 bits per heavy atom. The molecule has 1 aromatic heterocycles. The topological polar surface area (TPSA) is 71.5 Å². The van der Waals surface area contributed by atoms with Crippen molar-refractivity contribution in [1.82, 2.24) is 10.3 Å². The van der Waals surface area contributed by atoms with Crippen molar-refractivity contribution >= 4 is 17.2 Å². The van der Waals surface area contributed by atoms with Gasteiger partial charge in [-0.05, 0) is 37.1 Å². The zero-order valence-corrected chi connectivity index (χ0v) is 13.3. The number of amides is 1. The molecule has 0 aliphatic rings. The van der Waals surface area contributed by atoms with Crippen LogP contribution in [-0.4, -0.2) is 28.6 Å². The highest BCUT2D eigenvalue weighted by atomic mass is 32.1. The van der Waals surface area contributed by atoms with Crippen LogP contribution in [0.4, 0.5) is 0 Å². The maximum Gasteiger partial charge on any atom is 0.251 e. The molecule has 0 radical (unpaired) electrons. The van der Waals surface area contributed by atoms with E-state index in [1.165, 1.54) is 11.3 Å². The number of nitrogens with one attached hydrogen (secondary N) is 1. The van der Waals surface area contributed by atoms with E-state index in [1.807, 2.05) is 12.3 Å². The number of hydrogen-bond acceptors (Lipinski definition) is 5. The summed E-state index contributed by atoms with van der Waals surface area (Å²) in [5.41, 5.74) is 3.24. The lowest BCUT2D eigenvalue weighted by Crippen LogP contribution is -2.35. The molecule has 1 heterocycles. The number of aromatic nitrogens is 1. The number of carbonyl (C=O) groups is 1. The van der Waals surface area contributed by atoms with Crippen LogP contribution < -0.4 is 10.1 Å². The van der Waals surface area contributed by atoms with Crippen molar-refractivity contribution in [3.63, 3.8) is 0 Å². The van der Waals surface area contributed by atoms with E-state index in [0.29, 0.717) is 24.3 Å². The van der Waals surface area contributed by atoms with Crippen LogP contribution in [0.2, 0.25) is 0 Å². The minimum atomic E-state index is -0.133. The van der Waals surface area contributed by atoms with E-state index in [1.54, 1.807) is 29.8 Å². The molecule has 0 saturated heterocycles. The summed E-state index contributed by atoms with van der Waals surface area (Å²) in [7, 11) is 0. The van der Waals surface area contributed by atoms with Crippen molar-refractivity contribution in [2.75, 3.05) is 6.61 Å². The van der Waals surface area contributed by atoms with Crippen molar-refractivity contribution in [1.29, 1.82) is 0 Å². The molecule has 1 aromatic carbocycles. The van der Waals surface area contributed by atoms with Crippen LogP contribution >= 0.6 is 11.3 Å². The van der Waals surface area contributed by atoms with Gasteiger partial charge in [0, 0.05) is 23.6 Å². The van der Waals surface area contributed by atoms with Gasteiger partial charge < -0.3 is 15.2 Å². The molecule has 0 aliphatic carbocycles. The third-order valence-corrected chi connectivity index (χ3v) is 3.93. The van der Waals surface area contributed by atoms with Gasteiger partial charge in [-0.2, -0.15) is 0 Å². The average molecular weight is 320 g/mol. The van der Waals surface area contributed by atoms with Crippen molar-refractivity contribution in [3.05, 3.63) is 46.4 Å². The highest BCUT2D eigenvalue weighted by Gasteiger charge is 2.11. The molecule has 0 aliphatic heterocycles. The molecule has 2 rings (SSSR count). The second-order valence-corrected chi connectivity index (χ2v) is 5.60. The van der Waals surface area contributed by atoms with Gasteiger partial charge in [-0.1, -0.05) is 6.92 Å². The van der Waals surface area contributed by atoms with Crippen LogP contribution in [-0.2, 0) is 6.61 Å². The molecule has 1 amide bonds. The second-order valence-electron chi connectivity index (χ2n) is 4.88.